The predicted octanol–water partition coefficient (Wildman–Crippen LogP) is 4.11. The zero-order valence-electron chi connectivity index (χ0n) is 16.0. The highest BCUT2D eigenvalue weighted by atomic mass is 35.5. The van der Waals surface area contributed by atoms with E-state index in [0.717, 1.165) is 30.6 Å². The minimum atomic E-state index is -0.199. The van der Waals surface area contributed by atoms with Crippen LogP contribution in [0.4, 0.5) is 0 Å². The van der Waals surface area contributed by atoms with Gasteiger partial charge in [0.2, 0.25) is 0 Å². The number of halogens is 1. The molecule has 6 nitrogen and oxygen atoms in total. The molecule has 0 aliphatic rings. The van der Waals surface area contributed by atoms with Crippen LogP contribution in [0.25, 0.3) is 5.69 Å². The van der Waals surface area contributed by atoms with Gasteiger partial charge in [-0.1, -0.05) is 31.9 Å². The number of esters is 1. The lowest BCUT2D eigenvalue weighted by atomic mass is 10.0. The van der Waals surface area contributed by atoms with Crippen molar-refractivity contribution in [1.29, 1.82) is 0 Å². The minimum Gasteiger partial charge on any atom is -0.469 e. The molecule has 1 aromatic carbocycles. The maximum absolute atomic E-state index is 12.6. The van der Waals surface area contributed by atoms with Crippen LogP contribution in [-0.2, 0) is 9.53 Å². The lowest BCUT2D eigenvalue weighted by Crippen LogP contribution is -2.25. The van der Waals surface area contributed by atoms with Gasteiger partial charge in [-0.25, -0.2) is 4.68 Å². The molecule has 7 heteroatoms. The Morgan fingerprint density at radius 1 is 1.19 bits per heavy atom. The molecule has 1 amide bonds. The molecule has 0 saturated heterocycles. The first kappa shape index (κ1) is 21.0. The number of hydrogen-bond acceptors (Lipinski definition) is 4. The van der Waals surface area contributed by atoms with E-state index >= 15 is 0 Å². The lowest BCUT2D eigenvalue weighted by Gasteiger charge is -2.13. The predicted molar refractivity (Wildman–Crippen MR) is 105 cm³/mol. The van der Waals surface area contributed by atoms with Gasteiger partial charge in [0, 0.05) is 18.0 Å². The fourth-order valence-electron chi connectivity index (χ4n) is 2.85. The highest BCUT2D eigenvalue weighted by Crippen LogP contribution is 2.24. The number of unbranched alkanes of at least 4 members (excludes halogenated alkanes) is 2. The Balaban J connectivity index is 1.98. The molecule has 0 aliphatic carbocycles. The van der Waals surface area contributed by atoms with Crippen molar-refractivity contribution in [3.05, 3.63) is 46.7 Å². The molecule has 27 heavy (non-hydrogen) atoms. The van der Waals surface area contributed by atoms with Gasteiger partial charge in [0.15, 0.2) is 0 Å². The SMILES string of the molecule is COC(=O)CCCCCNC(=O)c1cnn(-c2ccc(Cl)cc2)c1C(C)C. The van der Waals surface area contributed by atoms with Crippen molar-refractivity contribution in [2.75, 3.05) is 13.7 Å². The van der Waals surface area contributed by atoms with E-state index in [1.807, 2.05) is 26.0 Å². The van der Waals surface area contributed by atoms with E-state index in [1.54, 1.807) is 23.0 Å². The standard InChI is InChI=1S/C20H26ClN3O3/c1-14(2)19-17(13-23-24(19)16-10-8-15(21)9-11-16)20(26)22-12-6-4-5-7-18(25)27-3/h8-11,13-14H,4-7,12H2,1-3H3,(H,22,26). The third-order valence-corrected chi connectivity index (χ3v) is 4.49. The van der Waals surface area contributed by atoms with Gasteiger partial charge in [-0.2, -0.15) is 5.10 Å². The second-order valence-electron chi connectivity index (χ2n) is 6.63. The summed E-state index contributed by atoms with van der Waals surface area (Å²) in [5.74, 6) is -0.203. The van der Waals surface area contributed by atoms with E-state index in [9.17, 15) is 9.59 Å². The molecule has 0 bridgehead atoms. The molecule has 0 spiro atoms. The molecule has 0 aliphatic heterocycles. The van der Waals surface area contributed by atoms with Crippen molar-refractivity contribution in [1.82, 2.24) is 15.1 Å². The molecule has 146 valence electrons. The molecular weight excluding hydrogens is 366 g/mol. The molecule has 1 aromatic heterocycles. The first-order valence-corrected chi connectivity index (χ1v) is 9.50. The smallest absolute Gasteiger partial charge is 0.305 e. The summed E-state index contributed by atoms with van der Waals surface area (Å²) in [6.07, 6.45) is 4.45. The Labute approximate surface area is 164 Å². The summed E-state index contributed by atoms with van der Waals surface area (Å²) in [5.41, 5.74) is 2.31. The van der Waals surface area contributed by atoms with Crippen molar-refractivity contribution in [2.45, 2.75) is 45.4 Å². The summed E-state index contributed by atoms with van der Waals surface area (Å²) in [5, 5.41) is 8.00. The van der Waals surface area contributed by atoms with Gasteiger partial charge in [0.25, 0.3) is 5.91 Å². The van der Waals surface area contributed by atoms with Crippen molar-refractivity contribution < 1.29 is 14.3 Å². The van der Waals surface area contributed by atoms with Gasteiger partial charge < -0.3 is 10.1 Å². The zero-order chi connectivity index (χ0) is 19.8. The average Bonchev–Trinajstić information content (AvgIpc) is 3.10. The molecule has 0 atom stereocenters. The van der Waals surface area contributed by atoms with E-state index < -0.39 is 0 Å². The largest absolute Gasteiger partial charge is 0.469 e. The summed E-state index contributed by atoms with van der Waals surface area (Å²) in [4.78, 5) is 23.7. The van der Waals surface area contributed by atoms with Crippen LogP contribution < -0.4 is 5.32 Å². The molecule has 0 radical (unpaired) electrons. The van der Waals surface area contributed by atoms with E-state index in [-0.39, 0.29) is 17.8 Å². The average molecular weight is 392 g/mol. The maximum atomic E-state index is 12.6. The maximum Gasteiger partial charge on any atom is 0.305 e. The summed E-state index contributed by atoms with van der Waals surface area (Å²) < 4.78 is 6.39. The highest BCUT2D eigenvalue weighted by molar-refractivity contribution is 6.30. The molecule has 2 aromatic rings. The van der Waals surface area contributed by atoms with Crippen LogP contribution in [0.5, 0.6) is 0 Å². The second kappa shape index (κ2) is 10.1. The number of ether oxygens (including phenoxy) is 1. The Morgan fingerprint density at radius 3 is 2.52 bits per heavy atom. The number of amides is 1. The summed E-state index contributed by atoms with van der Waals surface area (Å²) in [6.45, 7) is 4.63. The first-order chi connectivity index (χ1) is 12.9. The number of methoxy groups -OCH3 is 1. The number of carbonyl (C=O) groups excluding carboxylic acids is 2. The number of carbonyl (C=O) groups is 2. The van der Waals surface area contributed by atoms with Gasteiger partial charge in [-0.15, -0.1) is 0 Å². The lowest BCUT2D eigenvalue weighted by molar-refractivity contribution is -0.140. The van der Waals surface area contributed by atoms with Gasteiger partial charge in [-0.05, 0) is 43.0 Å². The van der Waals surface area contributed by atoms with Crippen molar-refractivity contribution >= 4 is 23.5 Å². The van der Waals surface area contributed by atoms with Crippen LogP contribution in [0.15, 0.2) is 30.5 Å². The van der Waals surface area contributed by atoms with Crippen LogP contribution in [0, 0.1) is 0 Å². The van der Waals surface area contributed by atoms with Crippen LogP contribution in [0.1, 0.15) is 61.5 Å². The van der Waals surface area contributed by atoms with Crippen molar-refractivity contribution in [2.24, 2.45) is 0 Å². The van der Waals surface area contributed by atoms with Crippen molar-refractivity contribution in [3.63, 3.8) is 0 Å². The van der Waals surface area contributed by atoms with E-state index in [0.29, 0.717) is 23.6 Å². The van der Waals surface area contributed by atoms with Crippen LogP contribution in [0.3, 0.4) is 0 Å². The Bertz CT molecular complexity index is 769. The van der Waals surface area contributed by atoms with Crippen LogP contribution >= 0.6 is 11.6 Å². The Kier molecular flexibility index (Phi) is 7.85. The number of benzene rings is 1. The third-order valence-electron chi connectivity index (χ3n) is 4.24. The number of nitrogens with one attached hydrogen (secondary N) is 1. The summed E-state index contributed by atoms with van der Waals surface area (Å²) >= 11 is 5.96. The fraction of sp³-hybridized carbons (Fsp3) is 0.450. The molecule has 0 fully saturated rings. The third kappa shape index (κ3) is 5.82. The molecule has 0 unspecified atom stereocenters. The van der Waals surface area contributed by atoms with Gasteiger partial charge >= 0.3 is 5.97 Å². The normalized spacial score (nSPS) is 10.9. The number of nitrogens with zero attached hydrogens (tertiary/aromatic N) is 2. The summed E-state index contributed by atoms with van der Waals surface area (Å²) in [7, 11) is 1.39. The summed E-state index contributed by atoms with van der Waals surface area (Å²) in [6, 6.07) is 7.36. The van der Waals surface area contributed by atoms with Gasteiger partial charge in [0.1, 0.15) is 0 Å². The molecule has 2 rings (SSSR count). The molecule has 0 saturated carbocycles. The van der Waals surface area contributed by atoms with Crippen LogP contribution in [0.2, 0.25) is 5.02 Å². The van der Waals surface area contributed by atoms with Gasteiger partial charge in [0.05, 0.1) is 30.3 Å². The topological polar surface area (TPSA) is 73.2 Å². The van der Waals surface area contributed by atoms with E-state index in [2.05, 4.69) is 15.2 Å². The Hall–Kier alpha value is -2.34. The number of rotatable bonds is 9. The first-order valence-electron chi connectivity index (χ1n) is 9.13. The minimum absolute atomic E-state index is 0.129. The molecule has 1 N–H and O–H groups in total. The molecular formula is C20H26ClN3O3. The van der Waals surface area contributed by atoms with E-state index in [4.69, 9.17) is 11.6 Å². The van der Waals surface area contributed by atoms with E-state index in [1.165, 1.54) is 7.11 Å². The monoisotopic (exact) mass is 391 g/mol. The second-order valence-corrected chi connectivity index (χ2v) is 7.07. The number of hydrogen-bond donors (Lipinski definition) is 1. The Morgan fingerprint density at radius 2 is 1.89 bits per heavy atom. The van der Waals surface area contributed by atoms with Crippen LogP contribution in [-0.4, -0.2) is 35.3 Å². The highest BCUT2D eigenvalue weighted by Gasteiger charge is 2.20. The van der Waals surface area contributed by atoms with Crippen molar-refractivity contribution in [3.8, 4) is 5.69 Å². The zero-order valence-corrected chi connectivity index (χ0v) is 16.8. The fourth-order valence-corrected chi connectivity index (χ4v) is 2.97. The molecule has 1 heterocycles. The quantitative estimate of drug-likeness (QED) is 0.515. The number of aromatic nitrogens is 2. The van der Waals surface area contributed by atoms with Gasteiger partial charge in [-0.3, -0.25) is 9.59 Å².